The maximum absolute atomic E-state index is 12.5. The number of benzene rings is 1. The van der Waals surface area contributed by atoms with E-state index in [1.165, 1.54) is 12.1 Å². The van der Waals surface area contributed by atoms with E-state index < -0.39 is 17.8 Å². The SMILES string of the molecule is Cc1c(C(NN)c2ccc(C(F)(F)F)cc2)cnn1C. The Balaban J connectivity index is 2.36. The molecule has 1 aromatic heterocycles. The van der Waals surface area contributed by atoms with Crippen LogP contribution in [0.1, 0.15) is 28.4 Å². The Morgan fingerprint density at radius 3 is 2.25 bits per heavy atom. The molecule has 1 heterocycles. The van der Waals surface area contributed by atoms with Gasteiger partial charge in [-0.05, 0) is 24.6 Å². The second-order valence-corrected chi connectivity index (χ2v) is 4.53. The predicted molar refractivity (Wildman–Crippen MR) is 68.6 cm³/mol. The molecule has 1 aromatic carbocycles. The van der Waals surface area contributed by atoms with Crippen molar-refractivity contribution < 1.29 is 13.2 Å². The molecule has 0 radical (unpaired) electrons. The van der Waals surface area contributed by atoms with Crippen LogP contribution in [0, 0.1) is 6.92 Å². The summed E-state index contributed by atoms with van der Waals surface area (Å²) in [7, 11) is 1.79. The van der Waals surface area contributed by atoms with Crippen molar-refractivity contribution in [2.24, 2.45) is 12.9 Å². The maximum atomic E-state index is 12.5. The number of hydrogen-bond acceptors (Lipinski definition) is 3. The van der Waals surface area contributed by atoms with E-state index in [-0.39, 0.29) is 0 Å². The Hall–Kier alpha value is -1.86. The third-order valence-corrected chi connectivity index (χ3v) is 3.32. The number of aryl methyl sites for hydroxylation is 1. The van der Waals surface area contributed by atoms with E-state index >= 15 is 0 Å². The number of hydrogen-bond donors (Lipinski definition) is 2. The molecule has 108 valence electrons. The number of nitrogens with one attached hydrogen (secondary N) is 1. The number of alkyl halides is 3. The summed E-state index contributed by atoms with van der Waals surface area (Å²) in [5.41, 5.74) is 4.31. The lowest BCUT2D eigenvalue weighted by molar-refractivity contribution is -0.137. The predicted octanol–water partition coefficient (Wildman–Crippen LogP) is 2.30. The second-order valence-electron chi connectivity index (χ2n) is 4.53. The number of nitrogens with zero attached hydrogens (tertiary/aromatic N) is 2. The molecule has 4 nitrogen and oxygen atoms in total. The van der Waals surface area contributed by atoms with Gasteiger partial charge in [0.05, 0.1) is 17.8 Å². The molecule has 0 aliphatic carbocycles. The summed E-state index contributed by atoms with van der Waals surface area (Å²) in [6.45, 7) is 1.87. The minimum atomic E-state index is -4.34. The topological polar surface area (TPSA) is 55.9 Å². The summed E-state index contributed by atoms with van der Waals surface area (Å²) in [6, 6.07) is 4.53. The van der Waals surface area contributed by atoms with Gasteiger partial charge in [0.15, 0.2) is 0 Å². The van der Waals surface area contributed by atoms with Crippen LogP contribution in [0.4, 0.5) is 13.2 Å². The van der Waals surface area contributed by atoms with E-state index in [9.17, 15) is 13.2 Å². The third kappa shape index (κ3) is 2.68. The van der Waals surface area contributed by atoms with Gasteiger partial charge in [-0.1, -0.05) is 12.1 Å². The molecule has 0 aliphatic heterocycles. The third-order valence-electron chi connectivity index (χ3n) is 3.32. The van der Waals surface area contributed by atoms with Crippen LogP contribution in [0.3, 0.4) is 0 Å². The molecule has 3 N–H and O–H groups in total. The highest BCUT2D eigenvalue weighted by molar-refractivity contribution is 5.35. The molecule has 0 bridgehead atoms. The lowest BCUT2D eigenvalue weighted by Crippen LogP contribution is -2.29. The van der Waals surface area contributed by atoms with Crippen molar-refractivity contribution >= 4 is 0 Å². The first-order chi connectivity index (χ1) is 9.34. The van der Waals surface area contributed by atoms with Crippen molar-refractivity contribution in [3.63, 3.8) is 0 Å². The molecule has 0 amide bonds. The summed E-state index contributed by atoms with van der Waals surface area (Å²) in [5, 5.41) is 4.11. The zero-order chi connectivity index (χ0) is 14.9. The summed E-state index contributed by atoms with van der Waals surface area (Å²) >= 11 is 0. The van der Waals surface area contributed by atoms with E-state index in [0.717, 1.165) is 23.4 Å². The van der Waals surface area contributed by atoms with Gasteiger partial charge in [0, 0.05) is 18.3 Å². The lowest BCUT2D eigenvalue weighted by atomic mass is 9.99. The van der Waals surface area contributed by atoms with Crippen LogP contribution < -0.4 is 11.3 Å². The van der Waals surface area contributed by atoms with Crippen molar-refractivity contribution in [2.45, 2.75) is 19.1 Å². The molecule has 0 saturated heterocycles. The van der Waals surface area contributed by atoms with Gasteiger partial charge in [-0.15, -0.1) is 0 Å². The Kier molecular flexibility index (Phi) is 3.82. The first-order valence-corrected chi connectivity index (χ1v) is 5.96. The molecule has 20 heavy (non-hydrogen) atoms. The number of nitrogens with two attached hydrogens (primary N) is 1. The summed E-state index contributed by atoms with van der Waals surface area (Å²) in [6.07, 6.45) is -2.69. The molecule has 2 aromatic rings. The molecule has 7 heteroatoms. The molecular formula is C13H15F3N4. The molecular weight excluding hydrogens is 269 g/mol. The minimum absolute atomic E-state index is 0.397. The Morgan fingerprint density at radius 1 is 1.25 bits per heavy atom. The molecule has 0 saturated carbocycles. The highest BCUT2D eigenvalue weighted by Gasteiger charge is 2.30. The van der Waals surface area contributed by atoms with Gasteiger partial charge in [0.2, 0.25) is 0 Å². The first kappa shape index (κ1) is 14.5. The van der Waals surface area contributed by atoms with Gasteiger partial charge < -0.3 is 0 Å². The zero-order valence-corrected chi connectivity index (χ0v) is 11.1. The van der Waals surface area contributed by atoms with Crippen LogP contribution >= 0.6 is 0 Å². The van der Waals surface area contributed by atoms with Crippen molar-refractivity contribution in [1.82, 2.24) is 15.2 Å². The molecule has 1 unspecified atom stereocenters. The van der Waals surface area contributed by atoms with Gasteiger partial charge >= 0.3 is 6.18 Å². The normalized spacial score (nSPS) is 13.5. The summed E-state index contributed by atoms with van der Waals surface area (Å²) in [5.74, 6) is 5.53. The van der Waals surface area contributed by atoms with Crippen LogP contribution in [0.25, 0.3) is 0 Å². The van der Waals surface area contributed by atoms with E-state index in [1.54, 1.807) is 17.9 Å². The highest BCUT2D eigenvalue weighted by atomic mass is 19.4. The fourth-order valence-corrected chi connectivity index (χ4v) is 2.03. The number of rotatable bonds is 3. The maximum Gasteiger partial charge on any atom is 0.416 e. The second kappa shape index (κ2) is 5.26. The highest BCUT2D eigenvalue weighted by Crippen LogP contribution is 2.31. The largest absolute Gasteiger partial charge is 0.416 e. The van der Waals surface area contributed by atoms with Gasteiger partial charge in [0.25, 0.3) is 0 Å². The molecule has 2 rings (SSSR count). The van der Waals surface area contributed by atoms with Crippen molar-refractivity contribution in [3.8, 4) is 0 Å². The first-order valence-electron chi connectivity index (χ1n) is 5.96. The van der Waals surface area contributed by atoms with Crippen LogP contribution in [0.2, 0.25) is 0 Å². The number of hydrazine groups is 1. The average molecular weight is 284 g/mol. The molecule has 0 spiro atoms. The molecule has 0 fully saturated rings. The van der Waals surface area contributed by atoms with Gasteiger partial charge in [-0.2, -0.15) is 18.3 Å². The smallest absolute Gasteiger partial charge is 0.273 e. The molecule has 0 aliphatic rings. The van der Waals surface area contributed by atoms with Crippen molar-refractivity contribution in [1.29, 1.82) is 0 Å². The van der Waals surface area contributed by atoms with Gasteiger partial charge in [-0.25, -0.2) is 5.43 Å². The fraction of sp³-hybridized carbons (Fsp3) is 0.308. The van der Waals surface area contributed by atoms with E-state index in [2.05, 4.69) is 10.5 Å². The quantitative estimate of drug-likeness (QED) is 0.671. The number of aromatic nitrogens is 2. The number of halogens is 3. The van der Waals surface area contributed by atoms with Crippen LogP contribution in [0.15, 0.2) is 30.5 Å². The Bertz CT molecular complexity index is 587. The van der Waals surface area contributed by atoms with Crippen LogP contribution in [-0.2, 0) is 13.2 Å². The summed E-state index contributed by atoms with van der Waals surface area (Å²) in [4.78, 5) is 0. The fourth-order valence-electron chi connectivity index (χ4n) is 2.03. The van der Waals surface area contributed by atoms with Crippen LogP contribution in [-0.4, -0.2) is 9.78 Å². The average Bonchev–Trinajstić information content (AvgIpc) is 2.72. The Morgan fingerprint density at radius 2 is 1.85 bits per heavy atom. The monoisotopic (exact) mass is 284 g/mol. The Labute approximate surface area is 114 Å². The standard InChI is InChI=1S/C13H15F3N4/c1-8-11(7-18-20(8)2)12(19-17)9-3-5-10(6-4-9)13(14,15)16/h3-7,12,19H,17H2,1-2H3. The zero-order valence-electron chi connectivity index (χ0n) is 11.1. The van der Waals surface area contributed by atoms with Crippen molar-refractivity contribution in [3.05, 3.63) is 52.8 Å². The minimum Gasteiger partial charge on any atom is -0.273 e. The summed E-state index contributed by atoms with van der Waals surface area (Å²) < 4.78 is 39.3. The van der Waals surface area contributed by atoms with Crippen LogP contribution in [0.5, 0.6) is 0 Å². The van der Waals surface area contributed by atoms with Gasteiger partial charge in [0.1, 0.15) is 0 Å². The van der Waals surface area contributed by atoms with E-state index in [0.29, 0.717) is 5.56 Å². The van der Waals surface area contributed by atoms with Gasteiger partial charge in [-0.3, -0.25) is 10.5 Å². The van der Waals surface area contributed by atoms with E-state index in [4.69, 9.17) is 5.84 Å². The molecule has 1 atom stereocenters. The van der Waals surface area contributed by atoms with E-state index in [1.807, 2.05) is 6.92 Å². The van der Waals surface area contributed by atoms with Crippen molar-refractivity contribution in [2.75, 3.05) is 0 Å². The lowest BCUT2D eigenvalue weighted by Gasteiger charge is -2.17.